The van der Waals surface area contributed by atoms with Gasteiger partial charge in [0.25, 0.3) is 0 Å². The summed E-state index contributed by atoms with van der Waals surface area (Å²) >= 11 is 5.98. The average molecular weight is 366 g/mol. The number of carbonyl (C=O) groups is 3. The Morgan fingerprint density at radius 2 is 2.04 bits per heavy atom. The second kappa shape index (κ2) is 8.85. The lowest BCUT2D eigenvalue weighted by atomic mass is 10.3. The Hall–Kier alpha value is -2.08. The van der Waals surface area contributed by atoms with Crippen LogP contribution in [0.1, 0.15) is 33.1 Å². The van der Waals surface area contributed by atoms with Crippen molar-refractivity contribution in [2.75, 3.05) is 31.2 Å². The van der Waals surface area contributed by atoms with Gasteiger partial charge in [0.15, 0.2) is 0 Å². The summed E-state index contributed by atoms with van der Waals surface area (Å²) in [4.78, 5) is 41.4. The van der Waals surface area contributed by atoms with Gasteiger partial charge >= 0.3 is 0 Å². The van der Waals surface area contributed by atoms with Gasteiger partial charge in [-0.3, -0.25) is 19.3 Å². The molecule has 0 atom stereocenters. The van der Waals surface area contributed by atoms with Crippen LogP contribution in [0.2, 0.25) is 5.02 Å². The van der Waals surface area contributed by atoms with E-state index in [9.17, 15) is 14.4 Å². The molecule has 1 aromatic carbocycles. The molecule has 6 nitrogen and oxygen atoms in total. The molecule has 1 aliphatic heterocycles. The van der Waals surface area contributed by atoms with Crippen LogP contribution in [0.3, 0.4) is 0 Å². The Kier molecular flexibility index (Phi) is 6.82. The van der Waals surface area contributed by atoms with E-state index >= 15 is 0 Å². The van der Waals surface area contributed by atoms with Crippen molar-refractivity contribution in [2.24, 2.45) is 0 Å². The average Bonchev–Trinajstić information content (AvgIpc) is 2.99. The standard InChI is InChI=1S/C18H24ClN3O3/c1-3-5-9-20(16(23)4-2)11-17(24)21-12-18(25)22(13-21)15-8-6-7-14(19)10-15/h6-8,10H,3-5,9,11-13H2,1-2H3. The Morgan fingerprint density at radius 1 is 1.28 bits per heavy atom. The minimum absolute atomic E-state index is 0.0172. The Labute approximate surface area is 153 Å². The summed E-state index contributed by atoms with van der Waals surface area (Å²) in [6.07, 6.45) is 2.17. The number of hydrogen-bond donors (Lipinski definition) is 0. The van der Waals surface area contributed by atoms with Crippen molar-refractivity contribution in [3.63, 3.8) is 0 Å². The van der Waals surface area contributed by atoms with Crippen LogP contribution in [0.15, 0.2) is 24.3 Å². The fourth-order valence-corrected chi connectivity index (χ4v) is 2.90. The van der Waals surface area contributed by atoms with Crippen molar-refractivity contribution < 1.29 is 14.4 Å². The van der Waals surface area contributed by atoms with Gasteiger partial charge in [-0.2, -0.15) is 0 Å². The normalized spacial score (nSPS) is 14.1. The van der Waals surface area contributed by atoms with Crippen LogP contribution in [-0.2, 0) is 14.4 Å². The molecule has 0 bridgehead atoms. The maximum Gasteiger partial charge on any atom is 0.248 e. The van der Waals surface area contributed by atoms with Crippen molar-refractivity contribution in [3.8, 4) is 0 Å². The first-order chi connectivity index (χ1) is 12.0. The highest BCUT2D eigenvalue weighted by Crippen LogP contribution is 2.23. The predicted octanol–water partition coefficient (Wildman–Crippen LogP) is 2.51. The van der Waals surface area contributed by atoms with Crippen LogP contribution >= 0.6 is 11.6 Å². The highest BCUT2D eigenvalue weighted by Gasteiger charge is 2.32. The number of nitrogens with zero attached hydrogens (tertiary/aromatic N) is 3. The van der Waals surface area contributed by atoms with Crippen molar-refractivity contribution in [1.29, 1.82) is 0 Å². The van der Waals surface area contributed by atoms with E-state index in [4.69, 9.17) is 11.6 Å². The predicted molar refractivity (Wildman–Crippen MR) is 97.3 cm³/mol. The van der Waals surface area contributed by atoms with E-state index in [0.29, 0.717) is 23.7 Å². The van der Waals surface area contributed by atoms with Crippen molar-refractivity contribution >= 4 is 35.0 Å². The number of hydrogen-bond acceptors (Lipinski definition) is 3. The van der Waals surface area contributed by atoms with E-state index < -0.39 is 0 Å². The molecule has 7 heteroatoms. The Bertz CT molecular complexity index is 650. The Balaban J connectivity index is 2.02. The topological polar surface area (TPSA) is 60.9 Å². The highest BCUT2D eigenvalue weighted by molar-refractivity contribution is 6.31. The number of halogens is 1. The smallest absolute Gasteiger partial charge is 0.248 e. The van der Waals surface area contributed by atoms with Gasteiger partial charge in [0, 0.05) is 23.7 Å². The number of unbranched alkanes of at least 4 members (excludes halogenated alkanes) is 1. The lowest BCUT2D eigenvalue weighted by Crippen LogP contribution is -2.43. The van der Waals surface area contributed by atoms with E-state index in [1.165, 1.54) is 9.80 Å². The zero-order valence-corrected chi connectivity index (χ0v) is 15.5. The lowest BCUT2D eigenvalue weighted by Gasteiger charge is -2.24. The summed E-state index contributed by atoms with van der Waals surface area (Å²) in [6, 6.07) is 6.98. The zero-order valence-electron chi connectivity index (χ0n) is 14.7. The quantitative estimate of drug-likeness (QED) is 0.746. The zero-order chi connectivity index (χ0) is 18.4. The molecule has 1 fully saturated rings. The fraction of sp³-hybridized carbons (Fsp3) is 0.500. The van der Waals surface area contributed by atoms with Crippen molar-refractivity contribution in [3.05, 3.63) is 29.3 Å². The summed E-state index contributed by atoms with van der Waals surface area (Å²) in [6.45, 7) is 4.61. The van der Waals surface area contributed by atoms with Crippen molar-refractivity contribution in [1.82, 2.24) is 9.80 Å². The van der Waals surface area contributed by atoms with E-state index in [1.807, 2.05) is 6.92 Å². The van der Waals surface area contributed by atoms with Crippen molar-refractivity contribution in [2.45, 2.75) is 33.1 Å². The second-order valence-electron chi connectivity index (χ2n) is 6.06. The molecule has 0 aliphatic carbocycles. The molecule has 0 N–H and O–H groups in total. The molecule has 0 spiro atoms. The van der Waals surface area contributed by atoms with Crippen LogP contribution in [0.5, 0.6) is 0 Å². The van der Waals surface area contributed by atoms with Gasteiger partial charge in [-0.1, -0.05) is 37.9 Å². The minimum atomic E-state index is -0.212. The van der Waals surface area contributed by atoms with Crippen LogP contribution in [0.4, 0.5) is 5.69 Å². The van der Waals surface area contributed by atoms with Gasteiger partial charge < -0.3 is 9.80 Å². The summed E-state index contributed by atoms with van der Waals surface area (Å²) in [7, 11) is 0. The SMILES string of the molecule is CCCCN(CC(=O)N1CC(=O)N(c2cccc(Cl)c2)C1)C(=O)CC. The summed E-state index contributed by atoms with van der Waals surface area (Å²) in [5, 5.41) is 0.536. The van der Waals surface area contributed by atoms with Gasteiger partial charge in [-0.15, -0.1) is 0 Å². The Morgan fingerprint density at radius 3 is 2.68 bits per heavy atom. The third-order valence-electron chi connectivity index (χ3n) is 4.17. The molecule has 0 unspecified atom stereocenters. The molecule has 1 saturated heterocycles. The third-order valence-corrected chi connectivity index (χ3v) is 4.41. The van der Waals surface area contributed by atoms with E-state index in [2.05, 4.69) is 0 Å². The summed E-state index contributed by atoms with van der Waals surface area (Å²) in [5.41, 5.74) is 0.667. The third kappa shape index (κ3) is 4.95. The molecule has 1 aromatic rings. The maximum atomic E-state index is 12.6. The molecule has 25 heavy (non-hydrogen) atoms. The molecule has 136 valence electrons. The van der Waals surface area contributed by atoms with Gasteiger partial charge in [-0.05, 0) is 24.6 Å². The number of rotatable bonds is 7. The first-order valence-corrected chi connectivity index (χ1v) is 8.95. The first-order valence-electron chi connectivity index (χ1n) is 8.57. The highest BCUT2D eigenvalue weighted by atomic mass is 35.5. The number of benzene rings is 1. The molecular formula is C18H24ClN3O3. The number of carbonyl (C=O) groups excluding carboxylic acids is 3. The van der Waals surface area contributed by atoms with E-state index in [1.54, 1.807) is 36.1 Å². The van der Waals surface area contributed by atoms with Gasteiger partial charge in [0.05, 0.1) is 6.54 Å². The first kappa shape index (κ1) is 19.2. The maximum absolute atomic E-state index is 12.6. The molecule has 0 saturated carbocycles. The molecule has 0 radical (unpaired) electrons. The van der Waals surface area contributed by atoms with Crippen LogP contribution < -0.4 is 4.90 Å². The number of amides is 3. The van der Waals surface area contributed by atoms with Crippen LogP contribution in [0.25, 0.3) is 0 Å². The van der Waals surface area contributed by atoms with Gasteiger partial charge in [0.2, 0.25) is 17.7 Å². The second-order valence-corrected chi connectivity index (χ2v) is 6.49. The summed E-state index contributed by atoms with van der Waals surface area (Å²) in [5.74, 6) is -0.410. The van der Waals surface area contributed by atoms with Crippen LogP contribution in [-0.4, -0.2) is 53.8 Å². The van der Waals surface area contributed by atoms with E-state index in [-0.39, 0.29) is 37.5 Å². The van der Waals surface area contributed by atoms with E-state index in [0.717, 1.165) is 12.8 Å². The minimum Gasteiger partial charge on any atom is -0.333 e. The van der Waals surface area contributed by atoms with Gasteiger partial charge in [0.1, 0.15) is 13.2 Å². The van der Waals surface area contributed by atoms with Gasteiger partial charge in [-0.25, -0.2) is 0 Å². The lowest BCUT2D eigenvalue weighted by molar-refractivity contribution is -0.140. The molecule has 0 aromatic heterocycles. The molecule has 1 heterocycles. The number of anilines is 1. The molecule has 1 aliphatic rings. The fourth-order valence-electron chi connectivity index (χ4n) is 2.71. The van der Waals surface area contributed by atoms with Crippen LogP contribution in [0, 0.1) is 0 Å². The summed E-state index contributed by atoms with van der Waals surface area (Å²) < 4.78 is 0. The monoisotopic (exact) mass is 365 g/mol. The largest absolute Gasteiger partial charge is 0.333 e. The molecule has 2 rings (SSSR count). The molecular weight excluding hydrogens is 342 g/mol. The molecule has 3 amide bonds.